The highest BCUT2D eigenvalue weighted by Gasteiger charge is 2.08. The third-order valence-electron chi connectivity index (χ3n) is 2.17. The predicted molar refractivity (Wildman–Crippen MR) is 57.9 cm³/mol. The maximum absolute atomic E-state index is 11.2. The van der Waals surface area contributed by atoms with Crippen LogP contribution in [0, 0.1) is 0 Å². The molecule has 0 radical (unpaired) electrons. The normalized spacial score (nSPS) is 10.9. The summed E-state index contributed by atoms with van der Waals surface area (Å²) >= 11 is 1.19. The molecule has 0 saturated carbocycles. The highest BCUT2D eigenvalue weighted by atomic mass is 32.1. The van der Waals surface area contributed by atoms with Crippen LogP contribution >= 0.6 is 11.3 Å². The van der Waals surface area contributed by atoms with Crippen LogP contribution in [-0.4, -0.2) is 10.1 Å². The van der Waals surface area contributed by atoms with E-state index in [9.17, 15) is 4.79 Å². The van der Waals surface area contributed by atoms with Gasteiger partial charge < -0.3 is 9.51 Å². The van der Waals surface area contributed by atoms with Gasteiger partial charge in [-0.05, 0) is 6.07 Å². The lowest BCUT2D eigenvalue weighted by Crippen LogP contribution is -1.90. The monoisotopic (exact) mass is 218 g/mol. The molecule has 0 fully saturated rings. The number of nitrogens with zero attached hydrogens (tertiary/aromatic N) is 1. The number of rotatable bonds is 1. The molecule has 0 bridgehead atoms. The largest absolute Gasteiger partial charge is 0.364 e. The number of fused-ring (bicyclic) bond motifs is 1. The second-order valence-corrected chi connectivity index (χ2v) is 4.09. The Hall–Kier alpha value is -1.88. The minimum Gasteiger partial charge on any atom is -0.364 e. The van der Waals surface area contributed by atoms with Gasteiger partial charge in [0.25, 0.3) is 0 Å². The Balaban J connectivity index is 2.40. The first kappa shape index (κ1) is 8.43. The second-order valence-electron chi connectivity index (χ2n) is 3.08. The van der Waals surface area contributed by atoms with Crippen molar-refractivity contribution in [3.8, 4) is 11.3 Å². The standard InChI is InChI=1S/C10H6N2O2S/c13-10-11-9-6(7-4-5-14-12-7)2-1-3-8(9)15-10/h1-5H,(H,11,13). The van der Waals surface area contributed by atoms with Crippen molar-refractivity contribution >= 4 is 21.6 Å². The van der Waals surface area contributed by atoms with Crippen molar-refractivity contribution in [2.75, 3.05) is 0 Å². The first-order valence-corrected chi connectivity index (χ1v) is 5.19. The summed E-state index contributed by atoms with van der Waals surface area (Å²) in [4.78, 5) is 14.0. The van der Waals surface area contributed by atoms with Crippen LogP contribution in [0.15, 0.2) is 39.8 Å². The lowest BCUT2D eigenvalue weighted by atomic mass is 10.1. The van der Waals surface area contributed by atoms with Gasteiger partial charge in [-0.25, -0.2) is 0 Å². The van der Waals surface area contributed by atoms with E-state index in [0.717, 1.165) is 21.5 Å². The van der Waals surface area contributed by atoms with E-state index in [0.29, 0.717) is 0 Å². The van der Waals surface area contributed by atoms with Gasteiger partial charge in [0.2, 0.25) is 0 Å². The molecule has 3 rings (SSSR count). The van der Waals surface area contributed by atoms with Crippen molar-refractivity contribution in [2.45, 2.75) is 0 Å². The van der Waals surface area contributed by atoms with Crippen molar-refractivity contribution in [1.29, 1.82) is 0 Å². The van der Waals surface area contributed by atoms with E-state index in [1.54, 1.807) is 6.07 Å². The molecule has 5 heteroatoms. The molecule has 0 aliphatic heterocycles. The summed E-state index contributed by atoms with van der Waals surface area (Å²) < 4.78 is 5.72. The topological polar surface area (TPSA) is 58.9 Å². The molecule has 0 atom stereocenters. The molecular weight excluding hydrogens is 212 g/mol. The van der Waals surface area contributed by atoms with Crippen molar-refractivity contribution in [2.24, 2.45) is 0 Å². The fraction of sp³-hybridized carbons (Fsp3) is 0. The van der Waals surface area contributed by atoms with Crippen LogP contribution in [0.1, 0.15) is 0 Å². The van der Waals surface area contributed by atoms with Crippen molar-refractivity contribution in [1.82, 2.24) is 10.1 Å². The molecule has 2 aromatic heterocycles. The lowest BCUT2D eigenvalue weighted by molar-refractivity contribution is 0.422. The molecule has 0 aliphatic rings. The van der Waals surface area contributed by atoms with Crippen molar-refractivity contribution in [3.05, 3.63) is 40.2 Å². The number of aromatic amines is 1. The average Bonchev–Trinajstić information content (AvgIpc) is 2.82. The van der Waals surface area contributed by atoms with E-state index < -0.39 is 0 Å². The van der Waals surface area contributed by atoms with Gasteiger partial charge in [0.1, 0.15) is 12.0 Å². The highest BCUT2D eigenvalue weighted by Crippen LogP contribution is 2.26. The number of H-pyrrole nitrogens is 1. The van der Waals surface area contributed by atoms with Gasteiger partial charge in [-0.2, -0.15) is 0 Å². The van der Waals surface area contributed by atoms with E-state index in [1.165, 1.54) is 17.6 Å². The third kappa shape index (κ3) is 1.28. The molecule has 0 amide bonds. The number of benzene rings is 1. The first-order chi connectivity index (χ1) is 7.34. The summed E-state index contributed by atoms with van der Waals surface area (Å²) in [6.45, 7) is 0. The molecule has 0 saturated heterocycles. The van der Waals surface area contributed by atoms with Gasteiger partial charge in [0.05, 0.1) is 10.2 Å². The Morgan fingerprint density at radius 1 is 1.33 bits per heavy atom. The number of hydrogen-bond acceptors (Lipinski definition) is 4. The average molecular weight is 218 g/mol. The van der Waals surface area contributed by atoms with Gasteiger partial charge in [-0.3, -0.25) is 4.79 Å². The SMILES string of the molecule is O=c1[nH]c2c(-c3ccon3)cccc2s1. The van der Waals surface area contributed by atoms with Crippen LogP contribution in [0.25, 0.3) is 21.5 Å². The van der Waals surface area contributed by atoms with E-state index >= 15 is 0 Å². The Labute approximate surface area is 88.2 Å². The molecular formula is C10H6N2O2S. The number of thiazole rings is 1. The van der Waals surface area contributed by atoms with E-state index in [4.69, 9.17) is 4.52 Å². The Bertz CT molecular complexity index is 651. The van der Waals surface area contributed by atoms with E-state index in [-0.39, 0.29) is 4.87 Å². The molecule has 0 spiro atoms. The van der Waals surface area contributed by atoms with Crippen molar-refractivity contribution in [3.63, 3.8) is 0 Å². The second kappa shape index (κ2) is 3.06. The van der Waals surface area contributed by atoms with E-state index in [2.05, 4.69) is 10.1 Å². The molecule has 15 heavy (non-hydrogen) atoms. The summed E-state index contributed by atoms with van der Waals surface area (Å²) in [7, 11) is 0. The number of aromatic nitrogens is 2. The molecule has 0 unspecified atom stereocenters. The molecule has 2 heterocycles. The summed E-state index contributed by atoms with van der Waals surface area (Å²) in [5, 5.41) is 3.85. The summed E-state index contributed by atoms with van der Waals surface area (Å²) in [5.74, 6) is 0. The van der Waals surface area contributed by atoms with Gasteiger partial charge in [-0.1, -0.05) is 28.6 Å². The van der Waals surface area contributed by atoms with Crippen LogP contribution in [0.3, 0.4) is 0 Å². The summed E-state index contributed by atoms with van der Waals surface area (Å²) in [6, 6.07) is 7.48. The zero-order chi connectivity index (χ0) is 10.3. The van der Waals surface area contributed by atoms with Gasteiger partial charge >= 0.3 is 4.87 Å². The maximum Gasteiger partial charge on any atom is 0.305 e. The van der Waals surface area contributed by atoms with Gasteiger partial charge in [0.15, 0.2) is 0 Å². The fourth-order valence-corrected chi connectivity index (χ4v) is 2.30. The lowest BCUT2D eigenvalue weighted by Gasteiger charge is -1.96. The van der Waals surface area contributed by atoms with Gasteiger partial charge in [0, 0.05) is 11.6 Å². The van der Waals surface area contributed by atoms with Crippen LogP contribution in [0.2, 0.25) is 0 Å². The van der Waals surface area contributed by atoms with Crippen LogP contribution in [0.5, 0.6) is 0 Å². The van der Waals surface area contributed by atoms with Crippen LogP contribution in [-0.2, 0) is 0 Å². The Morgan fingerprint density at radius 3 is 3.07 bits per heavy atom. The predicted octanol–water partition coefficient (Wildman–Crippen LogP) is 2.24. The van der Waals surface area contributed by atoms with Gasteiger partial charge in [-0.15, -0.1) is 0 Å². The highest BCUT2D eigenvalue weighted by molar-refractivity contribution is 7.16. The maximum atomic E-state index is 11.2. The van der Waals surface area contributed by atoms with Crippen LogP contribution in [0.4, 0.5) is 0 Å². The molecule has 3 aromatic rings. The Kier molecular flexibility index (Phi) is 1.72. The Morgan fingerprint density at radius 2 is 2.27 bits per heavy atom. The summed E-state index contributed by atoms with van der Waals surface area (Å²) in [5.41, 5.74) is 2.44. The summed E-state index contributed by atoms with van der Waals surface area (Å²) in [6.07, 6.45) is 1.51. The third-order valence-corrected chi connectivity index (χ3v) is 3.02. The number of hydrogen-bond donors (Lipinski definition) is 1. The zero-order valence-corrected chi connectivity index (χ0v) is 8.38. The zero-order valence-electron chi connectivity index (χ0n) is 7.56. The first-order valence-electron chi connectivity index (χ1n) is 4.37. The molecule has 0 aliphatic carbocycles. The number of nitrogens with one attached hydrogen (secondary N) is 1. The smallest absolute Gasteiger partial charge is 0.305 e. The van der Waals surface area contributed by atoms with Crippen LogP contribution < -0.4 is 4.87 Å². The molecule has 4 nitrogen and oxygen atoms in total. The molecule has 74 valence electrons. The quantitative estimate of drug-likeness (QED) is 0.681. The number of para-hydroxylation sites is 1. The fourth-order valence-electron chi connectivity index (χ4n) is 1.54. The van der Waals surface area contributed by atoms with E-state index in [1.807, 2.05) is 18.2 Å². The molecule has 1 N–H and O–H groups in total. The minimum absolute atomic E-state index is 0.0547. The minimum atomic E-state index is -0.0547. The van der Waals surface area contributed by atoms with Crippen molar-refractivity contribution < 1.29 is 4.52 Å². The molecule has 1 aromatic carbocycles.